The monoisotopic (exact) mass is 1020 g/mol. The van der Waals surface area contributed by atoms with Crippen LogP contribution in [0.25, 0.3) is 0 Å². The maximum absolute atomic E-state index is 10.8. The molecule has 0 rings (SSSR count). The molecule has 0 aromatic carbocycles. The van der Waals surface area contributed by atoms with Gasteiger partial charge < -0.3 is 134 Å². The van der Waals surface area contributed by atoms with Gasteiger partial charge in [-0.3, -0.25) is 0 Å². The number of hydrogen-bond donors (Lipinski definition) is 8. The molecule has 4 unspecified atom stereocenters. The van der Waals surface area contributed by atoms with Gasteiger partial charge in [0.25, 0.3) is 0 Å². The molecule has 8 N–H and O–H groups in total. The lowest BCUT2D eigenvalue weighted by atomic mass is 10.5. The lowest BCUT2D eigenvalue weighted by molar-refractivity contribution is -0.940. The fraction of sp³-hybridized carbons (Fsp3) is 1.00. The Morgan fingerprint density at radius 1 is 0.293 bits per heavy atom. The standard InChI is InChI=1S/2C6H20N2O12P4.4C2H6.2CH4/c2*9-21(10,11)3-7(4-22(12,13)14)1-2-8(5-23(15,16)17)6-24(18,19)20;4*1-2;;/h2*1-6H2,(H2,9,10,11)(H2,12,13,14)(H2,15,16,17)(H2,18,19,20);4*1-2H3;2*1H4/p-8. The highest BCUT2D eigenvalue weighted by molar-refractivity contribution is 7.51. The molecule has 0 radical (unpaired) electrons. The minimum Gasteiger partial charge on any atom is -0.807 e. The van der Waals surface area contributed by atoms with E-state index in [2.05, 4.69) is 0 Å². The first-order valence-electron chi connectivity index (χ1n) is 16.2. The van der Waals surface area contributed by atoms with Crippen LogP contribution in [0.2, 0.25) is 0 Å². The molecule has 0 saturated carbocycles. The van der Waals surface area contributed by atoms with Crippen LogP contribution in [0.4, 0.5) is 0 Å². The second-order valence-electron chi connectivity index (χ2n) is 10.3. The van der Waals surface area contributed by atoms with Gasteiger partial charge in [0, 0.05) is 0 Å². The zero-order chi connectivity index (χ0) is 46.8. The zero-order valence-electron chi connectivity index (χ0n) is 32.0. The summed E-state index contributed by atoms with van der Waals surface area (Å²) in [4.78, 5) is 162. The molecule has 58 heavy (non-hydrogen) atoms. The highest BCUT2D eigenvalue weighted by Crippen LogP contribution is 2.29. The van der Waals surface area contributed by atoms with E-state index >= 15 is 0 Å². The Bertz CT molecular complexity index is 1090. The third-order valence-corrected chi connectivity index (χ3v) is 11.8. The van der Waals surface area contributed by atoms with Crippen LogP contribution in [0.5, 0.6) is 0 Å². The summed E-state index contributed by atoms with van der Waals surface area (Å²) in [7, 11) is -40.8. The van der Waals surface area contributed by atoms with E-state index in [-0.39, 0.29) is 14.9 Å². The van der Waals surface area contributed by atoms with Crippen molar-refractivity contribution >= 4 is 60.8 Å². The Labute approximate surface area is 341 Å². The van der Waals surface area contributed by atoms with Gasteiger partial charge >= 0.3 is 0 Å². The molecule has 28 nitrogen and oxygen atoms in total. The van der Waals surface area contributed by atoms with Crippen molar-refractivity contribution < 1.29 is 134 Å². The molecule has 0 spiro atoms. The second kappa shape index (κ2) is 35.4. The molecule has 0 aromatic heterocycles. The third-order valence-electron chi connectivity index (χ3n) is 5.03. The van der Waals surface area contributed by atoms with Crippen LogP contribution in [0.15, 0.2) is 0 Å². The Kier molecular flexibility index (Phi) is 46.6. The summed E-state index contributed by atoms with van der Waals surface area (Å²) in [6, 6.07) is 0. The molecular weight excluding hydrogens is 952 g/mol. The van der Waals surface area contributed by atoms with Crippen molar-refractivity contribution in [3.8, 4) is 0 Å². The molecule has 36 heteroatoms. The molecule has 0 amide bonds. The van der Waals surface area contributed by atoms with Crippen molar-refractivity contribution in [1.29, 1.82) is 0 Å². The molecule has 0 bridgehead atoms. The predicted molar refractivity (Wildman–Crippen MR) is 191 cm³/mol. The minimum absolute atomic E-state index is 0. The SMILES string of the molecule is C.C.CC.CC.CC.CC.O=P([O-])(O)C[NH+](CC[NH+](CP(=O)([O-])O)CP(=O)([O-])O)CP(=O)([O-])O.O=P([O-])([O-])C[NH+](CC[NH+](CP(=O)([O-])[O-])CP(=O)([O-])[O-])CP(=O)([O-])[O-]. The van der Waals surface area contributed by atoms with Crippen molar-refractivity contribution in [2.45, 2.75) is 70.2 Å². The summed E-state index contributed by atoms with van der Waals surface area (Å²) in [6.45, 7) is 13.7. The van der Waals surface area contributed by atoms with Crippen LogP contribution in [0.3, 0.4) is 0 Å². The van der Waals surface area contributed by atoms with Crippen LogP contribution < -0.4 is 78.3 Å². The van der Waals surface area contributed by atoms with Crippen molar-refractivity contribution in [2.75, 3.05) is 76.5 Å². The lowest BCUT2D eigenvalue weighted by Gasteiger charge is -2.40. The van der Waals surface area contributed by atoms with E-state index in [0.29, 0.717) is 0 Å². The number of rotatable bonds is 22. The summed E-state index contributed by atoms with van der Waals surface area (Å²) >= 11 is 0. The summed E-state index contributed by atoms with van der Waals surface area (Å²) in [5, 5.41) is 0. The first-order chi connectivity index (χ1) is 24.7. The van der Waals surface area contributed by atoms with Gasteiger partial charge in [0.05, 0.1) is 0 Å². The minimum atomic E-state index is -5.25. The van der Waals surface area contributed by atoms with Crippen LogP contribution in [-0.2, 0) is 36.5 Å². The Morgan fingerprint density at radius 3 is 0.483 bits per heavy atom. The highest BCUT2D eigenvalue weighted by Gasteiger charge is 2.26. The van der Waals surface area contributed by atoms with E-state index in [9.17, 15) is 95.2 Å². The molecule has 0 aliphatic rings. The van der Waals surface area contributed by atoms with E-state index in [0.717, 1.165) is 0 Å². The molecule has 0 aromatic rings. The Morgan fingerprint density at radius 2 is 0.397 bits per heavy atom. The predicted octanol–water partition coefficient (Wildman–Crippen LogP) is -11.6. The molecule has 0 aliphatic heterocycles. The number of nitrogens with one attached hydrogen (secondary N) is 4. The van der Waals surface area contributed by atoms with Gasteiger partial charge in [-0.2, -0.15) is 0 Å². The van der Waals surface area contributed by atoms with Crippen LogP contribution in [0.1, 0.15) is 70.2 Å². The van der Waals surface area contributed by atoms with Crippen LogP contribution >= 0.6 is 60.8 Å². The second-order valence-corrected chi connectivity index (χ2v) is 22.8. The first kappa shape index (κ1) is 76.3. The fourth-order valence-electron chi connectivity index (χ4n) is 3.77. The van der Waals surface area contributed by atoms with Crippen LogP contribution in [0, 0.1) is 0 Å². The number of quaternary nitrogens is 4. The van der Waals surface area contributed by atoms with Crippen molar-refractivity contribution in [3.63, 3.8) is 0 Å². The maximum Gasteiger partial charge on any atom is 0.187 e. The van der Waals surface area contributed by atoms with Crippen molar-refractivity contribution in [3.05, 3.63) is 0 Å². The van der Waals surface area contributed by atoms with Gasteiger partial charge in [-0.15, -0.1) is 0 Å². The van der Waals surface area contributed by atoms with Gasteiger partial charge in [0.2, 0.25) is 0 Å². The van der Waals surface area contributed by atoms with Gasteiger partial charge in [-0.1, -0.05) is 70.2 Å². The van der Waals surface area contributed by atoms with E-state index < -0.39 is 157 Å². The average molecular weight is 1020 g/mol. The van der Waals surface area contributed by atoms with Gasteiger partial charge in [-0.25, -0.2) is 0 Å². The molecule has 4 atom stereocenters. The van der Waals surface area contributed by atoms with Crippen molar-refractivity contribution in [1.82, 2.24) is 0 Å². The molecule has 0 aliphatic carbocycles. The molecular formula is C22H64N4O24P8-8. The van der Waals surface area contributed by atoms with E-state index in [1.165, 1.54) is 0 Å². The lowest BCUT2D eigenvalue weighted by Crippen LogP contribution is -3.20. The summed E-state index contributed by atoms with van der Waals surface area (Å²) in [5.74, 6) is 0. The summed E-state index contributed by atoms with van der Waals surface area (Å²) in [5.41, 5.74) is 0. The molecule has 0 heterocycles. The Hall–Kier alpha value is 1.04. The zero-order valence-corrected chi connectivity index (χ0v) is 39.2. The average Bonchev–Trinajstić information content (AvgIpc) is 2.93. The Balaban J connectivity index is -0.000000119. The molecule has 364 valence electrons. The smallest absolute Gasteiger partial charge is 0.187 e. The van der Waals surface area contributed by atoms with Gasteiger partial charge in [0.1, 0.15) is 76.5 Å². The summed E-state index contributed by atoms with van der Waals surface area (Å²) < 4.78 is 86.1. The van der Waals surface area contributed by atoms with Gasteiger partial charge in [0.15, 0.2) is 30.4 Å². The van der Waals surface area contributed by atoms with E-state index in [1.807, 2.05) is 55.4 Å². The molecule has 0 saturated heterocycles. The topological polar surface area (TPSA) is 512 Å². The summed E-state index contributed by atoms with van der Waals surface area (Å²) in [6.07, 6.45) is -9.77. The normalized spacial score (nSPS) is 16.7. The first-order valence-corrected chi connectivity index (χ1v) is 30.2. The quantitative estimate of drug-likeness (QED) is 0.0467. The maximum atomic E-state index is 10.8. The highest BCUT2D eigenvalue weighted by atomic mass is 31.2. The third kappa shape index (κ3) is 68.8. The van der Waals surface area contributed by atoms with Crippen molar-refractivity contribution in [2.24, 2.45) is 0 Å². The van der Waals surface area contributed by atoms with Gasteiger partial charge in [-0.05, 0) is 30.4 Å². The fourth-order valence-corrected chi connectivity index (χ4v) is 11.1. The largest absolute Gasteiger partial charge is 0.807 e. The number of hydrogen-bond acceptors (Lipinski definition) is 20. The van der Waals surface area contributed by atoms with E-state index in [4.69, 9.17) is 19.6 Å². The van der Waals surface area contributed by atoms with E-state index in [1.54, 1.807) is 0 Å². The van der Waals surface area contributed by atoms with Crippen LogP contribution in [-0.4, -0.2) is 96.0 Å². The molecule has 0 fully saturated rings.